The lowest BCUT2D eigenvalue weighted by molar-refractivity contribution is -0.122. The van der Waals surface area contributed by atoms with Gasteiger partial charge in [-0.15, -0.1) is 11.3 Å². The maximum absolute atomic E-state index is 12.7. The summed E-state index contributed by atoms with van der Waals surface area (Å²) < 4.78 is 2.06. The molecule has 0 radical (unpaired) electrons. The molecule has 1 aliphatic rings. The van der Waals surface area contributed by atoms with Gasteiger partial charge in [-0.25, -0.2) is 4.98 Å². The SMILES string of the molecule is Cc1nc(-c2cc(C)n(CC(=O)N[C@@H]3CCc4c(Cl)cccc43)c2C)cs1. The van der Waals surface area contributed by atoms with E-state index in [4.69, 9.17) is 11.6 Å². The molecule has 1 aliphatic carbocycles. The van der Waals surface area contributed by atoms with Gasteiger partial charge < -0.3 is 9.88 Å². The molecule has 0 unspecified atom stereocenters. The second kappa shape index (κ2) is 7.13. The fraction of sp³-hybridized carbons (Fsp3) is 0.333. The van der Waals surface area contributed by atoms with Crippen LogP contribution in [0.2, 0.25) is 5.02 Å². The van der Waals surface area contributed by atoms with Gasteiger partial charge in [0.25, 0.3) is 0 Å². The molecule has 1 atom stereocenters. The number of hydrogen-bond donors (Lipinski definition) is 1. The van der Waals surface area contributed by atoms with Gasteiger partial charge in [-0.3, -0.25) is 4.79 Å². The van der Waals surface area contributed by atoms with Gasteiger partial charge in [-0.1, -0.05) is 23.7 Å². The first kappa shape index (κ1) is 18.3. The lowest BCUT2D eigenvalue weighted by atomic mass is 10.1. The zero-order valence-electron chi connectivity index (χ0n) is 15.7. The van der Waals surface area contributed by atoms with Crippen molar-refractivity contribution in [2.24, 2.45) is 0 Å². The van der Waals surface area contributed by atoms with Crippen LogP contribution in [0.4, 0.5) is 0 Å². The van der Waals surface area contributed by atoms with Gasteiger partial charge in [-0.05, 0) is 56.9 Å². The number of amides is 1. The minimum absolute atomic E-state index is 0.0237. The van der Waals surface area contributed by atoms with E-state index in [1.54, 1.807) is 11.3 Å². The minimum atomic E-state index is 0.0237. The summed E-state index contributed by atoms with van der Waals surface area (Å²) in [7, 11) is 0. The summed E-state index contributed by atoms with van der Waals surface area (Å²) in [6, 6.07) is 8.09. The highest BCUT2D eigenvalue weighted by atomic mass is 35.5. The minimum Gasteiger partial charge on any atom is -0.348 e. The number of rotatable bonds is 4. The fourth-order valence-corrected chi connectivity index (χ4v) is 4.82. The molecule has 0 spiro atoms. The van der Waals surface area contributed by atoms with Crippen molar-refractivity contribution in [1.29, 1.82) is 0 Å². The molecule has 0 saturated heterocycles. The van der Waals surface area contributed by atoms with Gasteiger partial charge in [0.05, 0.1) is 16.7 Å². The molecule has 2 aromatic heterocycles. The summed E-state index contributed by atoms with van der Waals surface area (Å²) in [5.41, 5.74) is 6.54. The van der Waals surface area contributed by atoms with E-state index in [-0.39, 0.29) is 11.9 Å². The third kappa shape index (κ3) is 3.42. The molecule has 0 saturated carbocycles. The van der Waals surface area contributed by atoms with Crippen LogP contribution < -0.4 is 5.32 Å². The molecule has 140 valence electrons. The number of nitrogens with zero attached hydrogens (tertiary/aromatic N) is 2. The van der Waals surface area contributed by atoms with Gasteiger partial charge in [0.1, 0.15) is 6.54 Å². The topological polar surface area (TPSA) is 46.9 Å². The van der Waals surface area contributed by atoms with E-state index >= 15 is 0 Å². The second-order valence-electron chi connectivity index (χ2n) is 7.09. The maximum Gasteiger partial charge on any atom is 0.240 e. The molecule has 6 heteroatoms. The number of carbonyl (C=O) groups excluding carboxylic acids is 1. The van der Waals surface area contributed by atoms with Gasteiger partial charge in [0.2, 0.25) is 5.91 Å². The average molecular weight is 400 g/mol. The van der Waals surface area contributed by atoms with Crippen LogP contribution in [-0.4, -0.2) is 15.5 Å². The predicted molar refractivity (Wildman–Crippen MR) is 110 cm³/mol. The van der Waals surface area contributed by atoms with Crippen LogP contribution in [0.5, 0.6) is 0 Å². The Kier molecular flexibility index (Phi) is 4.82. The Morgan fingerprint density at radius 1 is 1.37 bits per heavy atom. The van der Waals surface area contributed by atoms with E-state index in [2.05, 4.69) is 39.3 Å². The van der Waals surface area contributed by atoms with Crippen LogP contribution in [0.1, 0.15) is 40.0 Å². The zero-order valence-corrected chi connectivity index (χ0v) is 17.2. The Balaban J connectivity index is 1.51. The molecule has 27 heavy (non-hydrogen) atoms. The molecule has 3 aromatic rings. The van der Waals surface area contributed by atoms with Crippen molar-refractivity contribution in [3.05, 3.63) is 62.2 Å². The Labute approximate surface area is 168 Å². The first-order valence-electron chi connectivity index (χ1n) is 9.10. The quantitative estimate of drug-likeness (QED) is 0.671. The largest absolute Gasteiger partial charge is 0.348 e. The molecular weight excluding hydrogens is 378 g/mol. The van der Waals surface area contributed by atoms with E-state index in [0.29, 0.717) is 6.54 Å². The van der Waals surface area contributed by atoms with Gasteiger partial charge in [-0.2, -0.15) is 0 Å². The number of nitrogens with one attached hydrogen (secondary N) is 1. The smallest absolute Gasteiger partial charge is 0.240 e. The highest BCUT2D eigenvalue weighted by Crippen LogP contribution is 2.35. The molecule has 4 nitrogen and oxygen atoms in total. The number of hydrogen-bond acceptors (Lipinski definition) is 3. The number of carbonyl (C=O) groups is 1. The Morgan fingerprint density at radius 3 is 2.93 bits per heavy atom. The molecular formula is C21H22ClN3OS. The van der Waals surface area contributed by atoms with Crippen LogP contribution in [0.15, 0.2) is 29.6 Å². The normalized spacial score (nSPS) is 15.8. The second-order valence-corrected chi connectivity index (χ2v) is 8.56. The third-order valence-electron chi connectivity index (χ3n) is 5.32. The van der Waals surface area contributed by atoms with E-state index in [0.717, 1.165) is 51.1 Å². The number of fused-ring (bicyclic) bond motifs is 1. The Hall–Kier alpha value is -2.11. The Bertz CT molecular complexity index is 1020. The van der Waals surface area contributed by atoms with E-state index in [9.17, 15) is 4.79 Å². The molecule has 2 heterocycles. The van der Waals surface area contributed by atoms with Gasteiger partial charge >= 0.3 is 0 Å². The first-order chi connectivity index (χ1) is 12.9. The maximum atomic E-state index is 12.7. The molecule has 1 N–H and O–H groups in total. The van der Waals surface area contributed by atoms with Crippen molar-refractivity contribution in [2.75, 3.05) is 0 Å². The number of aromatic nitrogens is 2. The summed E-state index contributed by atoms with van der Waals surface area (Å²) in [5, 5.41) is 7.10. The Morgan fingerprint density at radius 2 is 2.19 bits per heavy atom. The summed E-state index contributed by atoms with van der Waals surface area (Å²) in [4.78, 5) is 17.3. The number of thiazole rings is 1. The van der Waals surface area contributed by atoms with Crippen molar-refractivity contribution in [3.8, 4) is 11.3 Å². The molecule has 4 rings (SSSR count). The van der Waals surface area contributed by atoms with Crippen LogP contribution in [-0.2, 0) is 17.8 Å². The predicted octanol–water partition coefficient (Wildman–Crippen LogP) is 4.99. The third-order valence-corrected chi connectivity index (χ3v) is 6.45. The summed E-state index contributed by atoms with van der Waals surface area (Å²) in [6.07, 6.45) is 1.81. The number of benzene rings is 1. The highest BCUT2D eigenvalue weighted by Gasteiger charge is 2.26. The van der Waals surface area contributed by atoms with E-state index in [1.807, 2.05) is 26.0 Å². The molecule has 0 fully saturated rings. The molecule has 0 aliphatic heterocycles. The van der Waals surface area contributed by atoms with Crippen LogP contribution in [0.25, 0.3) is 11.3 Å². The average Bonchev–Trinajstić information content (AvgIpc) is 3.30. The summed E-state index contributed by atoms with van der Waals surface area (Å²) >= 11 is 7.93. The lowest BCUT2D eigenvalue weighted by Crippen LogP contribution is -2.31. The monoisotopic (exact) mass is 399 g/mol. The zero-order chi connectivity index (χ0) is 19.1. The van der Waals surface area contributed by atoms with E-state index in [1.165, 1.54) is 5.56 Å². The van der Waals surface area contributed by atoms with Crippen molar-refractivity contribution in [3.63, 3.8) is 0 Å². The van der Waals surface area contributed by atoms with Crippen LogP contribution >= 0.6 is 22.9 Å². The van der Waals surface area contributed by atoms with Crippen molar-refractivity contribution in [1.82, 2.24) is 14.9 Å². The number of aryl methyl sites for hydroxylation is 2. The van der Waals surface area contributed by atoms with Gasteiger partial charge in [0.15, 0.2) is 0 Å². The number of halogens is 1. The molecule has 0 bridgehead atoms. The van der Waals surface area contributed by atoms with Crippen LogP contribution in [0.3, 0.4) is 0 Å². The first-order valence-corrected chi connectivity index (χ1v) is 10.4. The molecule has 1 amide bonds. The van der Waals surface area contributed by atoms with Gasteiger partial charge in [0, 0.05) is 27.4 Å². The lowest BCUT2D eigenvalue weighted by Gasteiger charge is -2.16. The van der Waals surface area contributed by atoms with E-state index < -0.39 is 0 Å². The summed E-state index contributed by atoms with van der Waals surface area (Å²) in [5.74, 6) is 0.0237. The molecule has 1 aromatic carbocycles. The van der Waals surface area contributed by atoms with Crippen molar-refractivity contribution in [2.45, 2.75) is 46.2 Å². The highest BCUT2D eigenvalue weighted by molar-refractivity contribution is 7.09. The summed E-state index contributed by atoms with van der Waals surface area (Å²) in [6.45, 7) is 6.41. The standard InChI is InChI=1S/C21H22ClN3OS/c1-12-9-17(20-11-27-14(3)23-20)13(2)25(12)10-21(26)24-19-8-7-15-16(19)5-4-6-18(15)22/h4-6,9,11,19H,7-8,10H2,1-3H3,(H,24,26)/t19-/m1/s1. The van der Waals surface area contributed by atoms with Crippen molar-refractivity contribution < 1.29 is 4.79 Å². The van der Waals surface area contributed by atoms with Crippen molar-refractivity contribution >= 4 is 28.8 Å². The fourth-order valence-electron chi connectivity index (χ4n) is 3.93. The van der Waals surface area contributed by atoms with Crippen LogP contribution in [0, 0.1) is 20.8 Å².